The van der Waals surface area contributed by atoms with Crippen LogP contribution >= 0.6 is 0 Å². The molecule has 14 rings (SSSR count). The molecule has 354 valence electrons. The number of para-hydroxylation sites is 6. The lowest BCUT2D eigenvalue weighted by Crippen LogP contribution is -2.14. The van der Waals surface area contributed by atoms with Crippen LogP contribution in [0.25, 0.3) is 121 Å². The zero-order valence-corrected chi connectivity index (χ0v) is 38.7. The Morgan fingerprint density at radius 3 is 1.01 bits per heavy atom. The van der Waals surface area contributed by atoms with Gasteiger partial charge in [-0.15, -0.1) is 0 Å². The van der Waals surface area contributed by atoms with Crippen LogP contribution < -0.4 is 0 Å². The first-order valence-corrected chi connectivity index (χ1v) is 23.9. The van der Waals surface area contributed by atoms with E-state index in [4.69, 9.17) is 0 Å². The summed E-state index contributed by atoms with van der Waals surface area (Å²) < 4.78 is 98.8. The number of hydrogen-bond acceptors (Lipinski definition) is 1. The molecule has 0 amide bonds. The number of aromatic nitrogens is 4. The third kappa shape index (κ3) is 6.31. The minimum absolute atomic E-state index is 0.0201. The van der Waals surface area contributed by atoms with Crippen molar-refractivity contribution in [3.05, 3.63) is 229 Å². The van der Waals surface area contributed by atoms with Crippen molar-refractivity contribution in [2.24, 2.45) is 0 Å². The summed E-state index contributed by atoms with van der Waals surface area (Å²) in [5, 5.41) is 18.3. The lowest BCUT2D eigenvalue weighted by atomic mass is 9.92. The summed E-state index contributed by atoms with van der Waals surface area (Å²) in [4.78, 5) is 0. The molecule has 0 aliphatic carbocycles. The summed E-state index contributed by atoms with van der Waals surface area (Å²) in [6, 6.07) is 66.7. The molecule has 10 aromatic carbocycles. The van der Waals surface area contributed by atoms with Crippen molar-refractivity contribution >= 4 is 87.2 Å². The highest BCUT2D eigenvalue weighted by atomic mass is 19.4. The Balaban J connectivity index is 1.10. The molecule has 4 aromatic heterocycles. The minimum atomic E-state index is -5.24. The predicted octanol–water partition coefficient (Wildman–Crippen LogP) is 17.7. The SMILES string of the molecule is N#Cc1cc(-n2c3ccccc3c3cc(-n4c5ccccc5c5ccccc54)ccc32)c(-c2ccc(C(F)(F)F)cc2C(F)(F)F)c(-n2c3ccccc3c3cc(-n4c5ccccc5c5ccccc54)ccc32)c1. The maximum Gasteiger partial charge on any atom is 0.417 e. The number of alkyl halides is 6. The molecule has 0 bridgehead atoms. The van der Waals surface area contributed by atoms with Crippen LogP contribution in [-0.2, 0) is 12.4 Å². The van der Waals surface area contributed by atoms with Crippen LogP contribution in [0.1, 0.15) is 16.7 Å². The van der Waals surface area contributed by atoms with E-state index in [1.165, 1.54) is 12.1 Å². The fourth-order valence-corrected chi connectivity index (χ4v) is 11.6. The fraction of sp³-hybridized carbons (Fsp3) is 0.0317. The van der Waals surface area contributed by atoms with Gasteiger partial charge in [-0.1, -0.05) is 115 Å². The summed E-state index contributed by atoms with van der Waals surface area (Å²) in [5.41, 5.74) is 5.14. The number of benzene rings is 10. The van der Waals surface area contributed by atoms with E-state index in [0.29, 0.717) is 28.1 Å². The van der Waals surface area contributed by atoms with Crippen LogP contribution in [0, 0.1) is 11.3 Å². The number of nitriles is 1. The van der Waals surface area contributed by atoms with Gasteiger partial charge in [0.05, 0.1) is 78.3 Å². The highest BCUT2D eigenvalue weighted by Gasteiger charge is 2.40. The van der Waals surface area contributed by atoms with E-state index in [9.17, 15) is 18.4 Å². The van der Waals surface area contributed by atoms with Gasteiger partial charge in [0.15, 0.2) is 0 Å². The lowest BCUT2D eigenvalue weighted by Gasteiger charge is -2.24. The fourth-order valence-electron chi connectivity index (χ4n) is 11.6. The Morgan fingerprint density at radius 1 is 0.324 bits per heavy atom. The van der Waals surface area contributed by atoms with Crippen molar-refractivity contribution in [3.63, 3.8) is 0 Å². The maximum atomic E-state index is 15.8. The molecule has 0 spiro atoms. The molecular formula is C63H35F6N5. The first-order valence-electron chi connectivity index (χ1n) is 23.9. The van der Waals surface area contributed by atoms with Gasteiger partial charge in [-0.2, -0.15) is 31.6 Å². The Kier molecular flexibility index (Phi) is 9.20. The van der Waals surface area contributed by atoms with E-state index in [1.54, 1.807) is 0 Å². The second kappa shape index (κ2) is 15.7. The van der Waals surface area contributed by atoms with E-state index >= 15 is 13.2 Å². The first kappa shape index (κ1) is 43.3. The van der Waals surface area contributed by atoms with E-state index < -0.39 is 29.0 Å². The van der Waals surface area contributed by atoms with Gasteiger partial charge in [0.1, 0.15) is 0 Å². The lowest BCUT2D eigenvalue weighted by molar-refractivity contribution is -0.142. The zero-order chi connectivity index (χ0) is 50.2. The van der Waals surface area contributed by atoms with Gasteiger partial charge in [-0.05, 0) is 103 Å². The van der Waals surface area contributed by atoms with E-state index in [1.807, 2.05) is 130 Å². The van der Waals surface area contributed by atoms with Gasteiger partial charge < -0.3 is 18.3 Å². The molecule has 0 aliphatic rings. The van der Waals surface area contributed by atoms with Crippen LogP contribution in [0.15, 0.2) is 212 Å². The highest BCUT2D eigenvalue weighted by molar-refractivity contribution is 6.15. The summed E-state index contributed by atoms with van der Waals surface area (Å²) in [7, 11) is 0. The van der Waals surface area contributed by atoms with E-state index in [2.05, 4.69) is 75.9 Å². The maximum absolute atomic E-state index is 15.8. The van der Waals surface area contributed by atoms with Gasteiger partial charge in [-0.3, -0.25) is 0 Å². The van der Waals surface area contributed by atoms with Gasteiger partial charge >= 0.3 is 12.4 Å². The molecule has 0 aliphatic heterocycles. The van der Waals surface area contributed by atoms with Gasteiger partial charge in [0.25, 0.3) is 0 Å². The molecule has 0 unspecified atom stereocenters. The molecular weight excluding hydrogens is 941 g/mol. The number of fused-ring (bicyclic) bond motifs is 12. The first-order chi connectivity index (χ1) is 36.0. The zero-order valence-electron chi connectivity index (χ0n) is 38.7. The van der Waals surface area contributed by atoms with Gasteiger partial charge in [0, 0.05) is 60.0 Å². The molecule has 74 heavy (non-hydrogen) atoms. The number of nitrogens with zero attached hydrogens (tertiary/aromatic N) is 5. The predicted molar refractivity (Wildman–Crippen MR) is 284 cm³/mol. The van der Waals surface area contributed by atoms with Crippen LogP contribution in [0.5, 0.6) is 0 Å². The highest BCUT2D eigenvalue weighted by Crippen LogP contribution is 2.49. The van der Waals surface area contributed by atoms with E-state index in [-0.39, 0.29) is 28.6 Å². The van der Waals surface area contributed by atoms with E-state index in [0.717, 1.165) is 82.6 Å². The molecule has 0 radical (unpaired) electrons. The average molecular weight is 976 g/mol. The molecule has 5 nitrogen and oxygen atoms in total. The van der Waals surface area contributed by atoms with Gasteiger partial charge in [0.2, 0.25) is 0 Å². The third-order valence-corrected chi connectivity index (χ3v) is 14.6. The van der Waals surface area contributed by atoms with Crippen LogP contribution in [0.2, 0.25) is 0 Å². The largest absolute Gasteiger partial charge is 0.417 e. The molecule has 0 atom stereocenters. The van der Waals surface area contributed by atoms with Crippen LogP contribution in [0.4, 0.5) is 26.3 Å². The Morgan fingerprint density at radius 2 is 0.662 bits per heavy atom. The topological polar surface area (TPSA) is 43.5 Å². The quantitative estimate of drug-likeness (QED) is 0.159. The van der Waals surface area contributed by atoms with Crippen molar-refractivity contribution in [2.45, 2.75) is 12.4 Å². The summed E-state index contributed by atoms with van der Waals surface area (Å²) in [5.74, 6) is 0. The minimum Gasteiger partial charge on any atom is -0.309 e. The van der Waals surface area contributed by atoms with Crippen molar-refractivity contribution < 1.29 is 26.3 Å². The molecule has 0 fully saturated rings. The van der Waals surface area contributed by atoms with Crippen LogP contribution in [0.3, 0.4) is 0 Å². The molecule has 11 heteroatoms. The number of halogens is 6. The Bertz CT molecular complexity index is 4370. The normalized spacial score (nSPS) is 12.4. The molecule has 0 saturated carbocycles. The molecule has 0 N–H and O–H groups in total. The average Bonchev–Trinajstić information content (AvgIpc) is 4.17. The Labute approximate surface area is 416 Å². The third-order valence-electron chi connectivity index (χ3n) is 14.6. The second-order valence-corrected chi connectivity index (χ2v) is 18.6. The van der Waals surface area contributed by atoms with Crippen molar-refractivity contribution in [1.82, 2.24) is 18.3 Å². The van der Waals surface area contributed by atoms with Gasteiger partial charge in [-0.25, -0.2) is 0 Å². The van der Waals surface area contributed by atoms with Crippen LogP contribution in [-0.4, -0.2) is 18.3 Å². The monoisotopic (exact) mass is 975 g/mol. The summed E-state index contributed by atoms with van der Waals surface area (Å²) in [6.07, 6.45) is -10.3. The molecule has 4 heterocycles. The summed E-state index contributed by atoms with van der Waals surface area (Å²) in [6.45, 7) is 0. The van der Waals surface area contributed by atoms with Crippen molar-refractivity contribution in [1.29, 1.82) is 5.26 Å². The Hall–Kier alpha value is -9.53. The molecule has 14 aromatic rings. The molecule has 0 saturated heterocycles. The standard InChI is InChI=1S/C63H35F6N5/c64-62(65,66)38-25-28-47(50(33-38)63(67,68)69)61-59(73-55-23-11-5-17-45(55)48-34-39(26-29-57(48)73)71-51-19-7-1-13-41(51)42-14-2-8-20-52(42)71)31-37(36-70)32-60(61)74-56-24-12-6-18-46(56)49-35-40(27-30-58(49)74)72-53-21-9-3-15-43(53)44-16-4-10-22-54(44)72/h1-35H. The smallest absolute Gasteiger partial charge is 0.309 e. The number of hydrogen-bond donors (Lipinski definition) is 0. The van der Waals surface area contributed by atoms with Crippen molar-refractivity contribution in [2.75, 3.05) is 0 Å². The second-order valence-electron chi connectivity index (χ2n) is 18.6. The summed E-state index contributed by atoms with van der Waals surface area (Å²) >= 11 is 0. The number of rotatable bonds is 5. The van der Waals surface area contributed by atoms with Crippen molar-refractivity contribution in [3.8, 4) is 39.9 Å².